The third-order valence-corrected chi connectivity index (χ3v) is 2.62. The molecule has 5 nitrogen and oxygen atoms in total. The van der Waals surface area contributed by atoms with Crippen molar-refractivity contribution in [3.63, 3.8) is 0 Å². The van der Waals surface area contributed by atoms with Crippen LogP contribution in [0.3, 0.4) is 0 Å². The fraction of sp³-hybridized carbons (Fsp3) is 0.364. The van der Waals surface area contributed by atoms with Crippen molar-refractivity contribution in [1.29, 1.82) is 0 Å². The second-order valence-electron chi connectivity index (χ2n) is 3.29. The van der Waals surface area contributed by atoms with E-state index in [0.29, 0.717) is 26.3 Å². The Morgan fingerprint density at radius 3 is 2.56 bits per heavy atom. The van der Waals surface area contributed by atoms with Gasteiger partial charge in [-0.05, 0) is 46.9 Å². The second kappa shape index (κ2) is 10.4. The number of urea groups is 1. The van der Waals surface area contributed by atoms with Crippen molar-refractivity contribution < 1.29 is 9.53 Å². The molecule has 0 aliphatic carbocycles. The number of amides is 2. The molecule has 0 saturated heterocycles. The van der Waals surface area contributed by atoms with Crippen LogP contribution < -0.4 is 16.4 Å². The first-order valence-corrected chi connectivity index (χ1v) is 6.38. The van der Waals surface area contributed by atoms with E-state index in [9.17, 15) is 4.79 Å². The van der Waals surface area contributed by atoms with Crippen LogP contribution in [0.4, 0.5) is 10.5 Å². The minimum absolute atomic E-state index is 0. The monoisotopic (exact) mass is 385 g/mol. The molecule has 0 bridgehead atoms. The Labute approximate surface area is 126 Å². The van der Waals surface area contributed by atoms with Gasteiger partial charge in [0.2, 0.25) is 0 Å². The number of nitrogens with two attached hydrogens (primary N) is 1. The predicted molar refractivity (Wildman–Crippen MR) is 83.3 cm³/mol. The smallest absolute Gasteiger partial charge is 0.319 e. The summed E-state index contributed by atoms with van der Waals surface area (Å²) in [6.45, 7) is 1.95. The lowest BCUT2D eigenvalue weighted by atomic mass is 10.3. The fourth-order valence-corrected chi connectivity index (χ4v) is 1.49. The van der Waals surface area contributed by atoms with Crippen LogP contribution in [-0.4, -0.2) is 32.3 Å². The number of hydrogen-bond acceptors (Lipinski definition) is 3. The quantitative estimate of drug-likeness (QED) is 0.516. The summed E-state index contributed by atoms with van der Waals surface area (Å²) in [7, 11) is 0. The number of halogens is 2. The normalized spacial score (nSPS) is 9.44. The summed E-state index contributed by atoms with van der Waals surface area (Å²) in [4.78, 5) is 11.4. The summed E-state index contributed by atoms with van der Waals surface area (Å²) in [6.07, 6.45) is 0. The molecule has 0 aliphatic rings. The molecule has 4 N–H and O–H groups in total. The number of hydrogen-bond donors (Lipinski definition) is 3. The Balaban J connectivity index is 0.00000289. The first-order chi connectivity index (χ1) is 8.22. The zero-order chi connectivity index (χ0) is 12.5. The van der Waals surface area contributed by atoms with Crippen molar-refractivity contribution >= 4 is 46.7 Å². The second-order valence-corrected chi connectivity index (χ2v) is 4.53. The van der Waals surface area contributed by atoms with Gasteiger partial charge in [-0.25, -0.2) is 4.79 Å². The molecule has 0 aliphatic heterocycles. The van der Waals surface area contributed by atoms with Gasteiger partial charge in [0, 0.05) is 22.3 Å². The summed E-state index contributed by atoms with van der Waals surface area (Å²) < 4.78 is 6.26. The summed E-state index contributed by atoms with van der Waals surface area (Å²) in [5, 5.41) is 5.41. The van der Waals surface area contributed by atoms with E-state index in [0.717, 1.165) is 9.26 Å². The molecule has 1 rings (SSSR count). The van der Waals surface area contributed by atoms with Gasteiger partial charge < -0.3 is 21.1 Å². The van der Waals surface area contributed by atoms with Crippen LogP contribution in [0.5, 0.6) is 0 Å². The number of carbonyl (C=O) groups excluding carboxylic acids is 1. The highest BCUT2D eigenvalue weighted by Crippen LogP contribution is 2.10. The van der Waals surface area contributed by atoms with Crippen LogP contribution in [0.2, 0.25) is 0 Å². The highest BCUT2D eigenvalue weighted by molar-refractivity contribution is 14.1. The van der Waals surface area contributed by atoms with Crippen molar-refractivity contribution in [2.75, 3.05) is 31.6 Å². The number of anilines is 1. The molecule has 0 heterocycles. The van der Waals surface area contributed by atoms with Gasteiger partial charge in [-0.3, -0.25) is 0 Å². The van der Waals surface area contributed by atoms with Crippen LogP contribution in [0, 0.1) is 3.57 Å². The molecule has 0 saturated carbocycles. The third kappa shape index (κ3) is 7.70. The van der Waals surface area contributed by atoms with E-state index in [-0.39, 0.29) is 18.4 Å². The SMILES string of the molecule is Cl.NCCOCCNC(=O)Nc1ccc(I)cc1. The summed E-state index contributed by atoms with van der Waals surface area (Å²) >= 11 is 2.21. The van der Waals surface area contributed by atoms with Crippen LogP contribution in [-0.2, 0) is 4.74 Å². The van der Waals surface area contributed by atoms with Gasteiger partial charge in [-0.15, -0.1) is 12.4 Å². The Kier molecular flexibility index (Phi) is 10.0. The molecule has 0 radical (unpaired) electrons. The van der Waals surface area contributed by atoms with E-state index in [1.807, 2.05) is 24.3 Å². The van der Waals surface area contributed by atoms with Crippen molar-refractivity contribution in [2.45, 2.75) is 0 Å². The first kappa shape index (κ1) is 17.4. The zero-order valence-electron chi connectivity index (χ0n) is 9.82. The molecule has 0 unspecified atom stereocenters. The number of benzene rings is 1. The molecule has 2 amide bonds. The molecule has 0 fully saturated rings. The van der Waals surface area contributed by atoms with E-state index >= 15 is 0 Å². The molecule has 0 atom stereocenters. The van der Waals surface area contributed by atoms with E-state index in [4.69, 9.17) is 10.5 Å². The number of ether oxygens (including phenoxy) is 1. The van der Waals surface area contributed by atoms with E-state index in [1.54, 1.807) is 0 Å². The van der Waals surface area contributed by atoms with Gasteiger partial charge in [0.1, 0.15) is 0 Å². The minimum atomic E-state index is -0.234. The molecule has 1 aromatic carbocycles. The largest absolute Gasteiger partial charge is 0.378 e. The van der Waals surface area contributed by atoms with E-state index < -0.39 is 0 Å². The van der Waals surface area contributed by atoms with E-state index in [1.165, 1.54) is 0 Å². The number of nitrogens with one attached hydrogen (secondary N) is 2. The molecular weight excluding hydrogens is 368 g/mol. The zero-order valence-corrected chi connectivity index (χ0v) is 12.8. The van der Waals surface area contributed by atoms with Gasteiger partial charge in [0.15, 0.2) is 0 Å². The molecular formula is C11H17ClIN3O2. The fourth-order valence-electron chi connectivity index (χ4n) is 1.13. The molecule has 1 aromatic rings. The lowest BCUT2D eigenvalue weighted by Crippen LogP contribution is -2.31. The van der Waals surface area contributed by atoms with Gasteiger partial charge in [-0.2, -0.15) is 0 Å². The molecule has 7 heteroatoms. The Morgan fingerprint density at radius 2 is 1.94 bits per heavy atom. The van der Waals surface area contributed by atoms with Crippen molar-refractivity contribution in [3.8, 4) is 0 Å². The minimum Gasteiger partial charge on any atom is -0.378 e. The number of rotatable bonds is 6. The molecule has 0 aromatic heterocycles. The van der Waals surface area contributed by atoms with Gasteiger partial charge in [0.05, 0.1) is 13.2 Å². The average molecular weight is 386 g/mol. The molecule has 0 spiro atoms. The van der Waals surface area contributed by atoms with Crippen molar-refractivity contribution in [1.82, 2.24) is 5.32 Å². The lowest BCUT2D eigenvalue weighted by molar-refractivity contribution is 0.144. The van der Waals surface area contributed by atoms with Crippen LogP contribution in [0.1, 0.15) is 0 Å². The van der Waals surface area contributed by atoms with Crippen molar-refractivity contribution in [3.05, 3.63) is 27.8 Å². The Hall–Kier alpha value is -0.570. The molecule has 18 heavy (non-hydrogen) atoms. The Morgan fingerprint density at radius 1 is 1.28 bits per heavy atom. The van der Waals surface area contributed by atoms with Crippen LogP contribution in [0.15, 0.2) is 24.3 Å². The average Bonchev–Trinajstić information content (AvgIpc) is 2.32. The highest BCUT2D eigenvalue weighted by atomic mass is 127. The summed E-state index contributed by atoms with van der Waals surface area (Å²) in [6, 6.07) is 7.34. The van der Waals surface area contributed by atoms with Crippen molar-refractivity contribution in [2.24, 2.45) is 5.73 Å². The number of carbonyl (C=O) groups is 1. The maximum absolute atomic E-state index is 11.4. The third-order valence-electron chi connectivity index (χ3n) is 1.90. The summed E-state index contributed by atoms with van der Waals surface area (Å²) in [5.74, 6) is 0. The predicted octanol–water partition coefficient (Wildman–Crippen LogP) is 1.81. The van der Waals surface area contributed by atoms with Crippen LogP contribution in [0.25, 0.3) is 0 Å². The lowest BCUT2D eigenvalue weighted by Gasteiger charge is -2.07. The van der Waals surface area contributed by atoms with Gasteiger partial charge in [0.25, 0.3) is 0 Å². The van der Waals surface area contributed by atoms with Crippen LogP contribution >= 0.6 is 35.0 Å². The maximum atomic E-state index is 11.4. The van der Waals surface area contributed by atoms with Gasteiger partial charge in [-0.1, -0.05) is 0 Å². The molecule has 102 valence electrons. The first-order valence-electron chi connectivity index (χ1n) is 5.30. The standard InChI is InChI=1S/C11H16IN3O2.ClH/c12-9-1-3-10(4-2-9)15-11(16)14-6-8-17-7-5-13;/h1-4H,5-8,13H2,(H2,14,15,16);1H. The Bertz CT molecular complexity index is 349. The topological polar surface area (TPSA) is 76.4 Å². The maximum Gasteiger partial charge on any atom is 0.319 e. The van der Waals surface area contributed by atoms with E-state index in [2.05, 4.69) is 33.2 Å². The summed E-state index contributed by atoms with van der Waals surface area (Å²) in [5.41, 5.74) is 6.03. The van der Waals surface area contributed by atoms with Gasteiger partial charge >= 0.3 is 6.03 Å². The highest BCUT2D eigenvalue weighted by Gasteiger charge is 2.00.